The van der Waals surface area contributed by atoms with Crippen molar-refractivity contribution < 1.29 is 4.39 Å². The standard InChI is InChI=1S/C20H19Cl2FN2O.ClH/c1-11(2)10-25-18(9-24)19(12-3-5-13(23)6-4-12)14-7-16(21)17(22)8-15(14)20(25)26;/h3-8,11H,9-10,24H2,1-2H3;1H. The van der Waals surface area contributed by atoms with E-state index in [1.54, 1.807) is 28.8 Å². The molecule has 0 saturated carbocycles. The fourth-order valence-electron chi connectivity index (χ4n) is 3.20. The monoisotopic (exact) mass is 428 g/mol. The van der Waals surface area contributed by atoms with Crippen LogP contribution in [0.2, 0.25) is 10.0 Å². The van der Waals surface area contributed by atoms with Gasteiger partial charge in [0.15, 0.2) is 0 Å². The van der Waals surface area contributed by atoms with E-state index in [1.807, 2.05) is 13.8 Å². The summed E-state index contributed by atoms with van der Waals surface area (Å²) >= 11 is 12.4. The Balaban J connectivity index is 0.00000261. The van der Waals surface area contributed by atoms with Crippen LogP contribution in [0.5, 0.6) is 0 Å². The smallest absolute Gasteiger partial charge is 0.258 e. The molecule has 2 N–H and O–H groups in total. The molecular weight excluding hydrogens is 410 g/mol. The van der Waals surface area contributed by atoms with Gasteiger partial charge in [-0.15, -0.1) is 12.4 Å². The third-order valence-corrected chi connectivity index (χ3v) is 5.02. The Morgan fingerprint density at radius 3 is 2.15 bits per heavy atom. The predicted molar refractivity (Wildman–Crippen MR) is 114 cm³/mol. The summed E-state index contributed by atoms with van der Waals surface area (Å²) in [4.78, 5) is 13.1. The predicted octanol–water partition coefficient (Wildman–Crippen LogP) is 5.65. The minimum atomic E-state index is -0.330. The first-order valence-electron chi connectivity index (χ1n) is 8.34. The lowest BCUT2D eigenvalue weighted by atomic mass is 9.96. The van der Waals surface area contributed by atoms with E-state index in [0.717, 1.165) is 11.1 Å². The molecule has 0 atom stereocenters. The van der Waals surface area contributed by atoms with Gasteiger partial charge in [0.05, 0.1) is 10.0 Å². The fraction of sp³-hybridized carbons (Fsp3) is 0.250. The van der Waals surface area contributed by atoms with Crippen LogP contribution in [0.1, 0.15) is 19.5 Å². The Kier molecular flexibility index (Phi) is 6.92. The van der Waals surface area contributed by atoms with Crippen LogP contribution in [0.15, 0.2) is 41.2 Å². The normalized spacial score (nSPS) is 11.1. The molecule has 3 nitrogen and oxygen atoms in total. The van der Waals surface area contributed by atoms with E-state index in [4.69, 9.17) is 28.9 Å². The average Bonchev–Trinajstić information content (AvgIpc) is 2.59. The van der Waals surface area contributed by atoms with Crippen LogP contribution in [0, 0.1) is 11.7 Å². The number of hydrogen-bond donors (Lipinski definition) is 1. The van der Waals surface area contributed by atoms with Crippen molar-refractivity contribution in [2.24, 2.45) is 11.7 Å². The molecule has 3 rings (SSSR count). The van der Waals surface area contributed by atoms with E-state index >= 15 is 0 Å². The Labute approximate surface area is 173 Å². The Hall–Kier alpha value is -1.59. The quantitative estimate of drug-likeness (QED) is 0.582. The highest BCUT2D eigenvalue weighted by atomic mass is 35.5. The van der Waals surface area contributed by atoms with Crippen molar-refractivity contribution in [3.05, 3.63) is 68.3 Å². The zero-order valence-electron chi connectivity index (χ0n) is 14.9. The molecule has 1 heterocycles. The lowest BCUT2D eigenvalue weighted by Crippen LogP contribution is -2.28. The molecule has 0 aliphatic heterocycles. The number of halogens is 4. The first-order chi connectivity index (χ1) is 12.3. The van der Waals surface area contributed by atoms with Gasteiger partial charge in [0.1, 0.15) is 5.82 Å². The molecular formula is C20H20Cl3FN2O. The number of nitrogens with zero attached hydrogens (tertiary/aromatic N) is 1. The second-order valence-corrected chi connectivity index (χ2v) is 7.47. The summed E-state index contributed by atoms with van der Waals surface area (Å²) in [5.41, 5.74) is 8.12. The van der Waals surface area contributed by atoms with Crippen LogP contribution in [0.25, 0.3) is 21.9 Å². The molecule has 0 bridgehead atoms. The molecule has 0 fully saturated rings. The van der Waals surface area contributed by atoms with Gasteiger partial charge in [0.2, 0.25) is 0 Å². The molecule has 0 radical (unpaired) electrons. The van der Waals surface area contributed by atoms with Gasteiger partial charge in [-0.3, -0.25) is 4.79 Å². The number of fused-ring (bicyclic) bond motifs is 1. The minimum Gasteiger partial charge on any atom is -0.325 e. The van der Waals surface area contributed by atoms with Gasteiger partial charge in [-0.2, -0.15) is 0 Å². The summed E-state index contributed by atoms with van der Waals surface area (Å²) in [7, 11) is 0. The molecule has 0 aliphatic carbocycles. The highest BCUT2D eigenvalue weighted by Gasteiger charge is 2.19. The molecule has 144 valence electrons. The topological polar surface area (TPSA) is 48.0 Å². The summed E-state index contributed by atoms with van der Waals surface area (Å²) < 4.78 is 15.1. The van der Waals surface area contributed by atoms with Crippen LogP contribution < -0.4 is 11.3 Å². The van der Waals surface area contributed by atoms with Gasteiger partial charge in [0, 0.05) is 29.7 Å². The van der Waals surface area contributed by atoms with Gasteiger partial charge in [-0.25, -0.2) is 4.39 Å². The van der Waals surface area contributed by atoms with Gasteiger partial charge in [-0.05, 0) is 41.1 Å². The van der Waals surface area contributed by atoms with Crippen molar-refractivity contribution in [2.45, 2.75) is 26.9 Å². The lowest BCUT2D eigenvalue weighted by molar-refractivity contribution is 0.499. The number of aromatic nitrogens is 1. The van der Waals surface area contributed by atoms with E-state index < -0.39 is 0 Å². The Morgan fingerprint density at radius 2 is 1.63 bits per heavy atom. The maximum Gasteiger partial charge on any atom is 0.258 e. The minimum absolute atomic E-state index is 0. The van der Waals surface area contributed by atoms with Gasteiger partial charge in [0.25, 0.3) is 5.56 Å². The first-order valence-corrected chi connectivity index (χ1v) is 9.09. The maximum atomic E-state index is 13.4. The van der Waals surface area contributed by atoms with Crippen LogP contribution >= 0.6 is 35.6 Å². The van der Waals surface area contributed by atoms with Gasteiger partial charge >= 0.3 is 0 Å². The molecule has 1 aromatic heterocycles. The van der Waals surface area contributed by atoms with Crippen molar-refractivity contribution in [3.8, 4) is 11.1 Å². The Bertz CT molecular complexity index is 1030. The summed E-state index contributed by atoms with van der Waals surface area (Å²) in [6.45, 7) is 4.76. The largest absolute Gasteiger partial charge is 0.325 e. The lowest BCUT2D eigenvalue weighted by Gasteiger charge is -2.21. The Morgan fingerprint density at radius 1 is 1.07 bits per heavy atom. The maximum absolute atomic E-state index is 13.4. The van der Waals surface area contributed by atoms with Crippen molar-refractivity contribution >= 4 is 46.4 Å². The molecule has 0 aliphatic rings. The van der Waals surface area contributed by atoms with Gasteiger partial charge < -0.3 is 10.3 Å². The van der Waals surface area contributed by atoms with Crippen molar-refractivity contribution in [1.29, 1.82) is 0 Å². The number of benzene rings is 2. The van der Waals surface area contributed by atoms with E-state index in [-0.39, 0.29) is 36.2 Å². The summed E-state index contributed by atoms with van der Waals surface area (Å²) in [6.07, 6.45) is 0. The van der Waals surface area contributed by atoms with E-state index in [2.05, 4.69) is 0 Å². The van der Waals surface area contributed by atoms with E-state index in [9.17, 15) is 9.18 Å². The average molecular weight is 430 g/mol. The zero-order chi connectivity index (χ0) is 19.0. The summed E-state index contributed by atoms with van der Waals surface area (Å²) in [5, 5.41) is 1.80. The molecule has 0 saturated heterocycles. The van der Waals surface area contributed by atoms with E-state index in [1.165, 1.54) is 12.1 Å². The molecule has 2 aromatic carbocycles. The van der Waals surface area contributed by atoms with Crippen molar-refractivity contribution in [2.75, 3.05) is 0 Å². The van der Waals surface area contributed by atoms with Crippen LogP contribution in [0.4, 0.5) is 4.39 Å². The van der Waals surface area contributed by atoms with Crippen LogP contribution in [0.3, 0.4) is 0 Å². The summed E-state index contributed by atoms with van der Waals surface area (Å²) in [5.74, 6) is -0.0803. The third kappa shape index (κ3) is 4.14. The van der Waals surface area contributed by atoms with Crippen molar-refractivity contribution in [1.82, 2.24) is 4.57 Å². The SMILES string of the molecule is CC(C)Cn1c(CN)c(-c2ccc(F)cc2)c2cc(Cl)c(Cl)cc2c1=O.Cl. The summed E-state index contributed by atoms with van der Waals surface area (Å²) in [6, 6.07) is 9.39. The van der Waals surface area contributed by atoms with Crippen molar-refractivity contribution in [3.63, 3.8) is 0 Å². The number of hydrogen-bond acceptors (Lipinski definition) is 2. The van der Waals surface area contributed by atoms with E-state index in [0.29, 0.717) is 33.1 Å². The number of pyridine rings is 1. The molecule has 0 unspecified atom stereocenters. The molecule has 0 amide bonds. The molecule has 3 aromatic rings. The fourth-order valence-corrected chi connectivity index (χ4v) is 3.53. The second kappa shape index (κ2) is 8.61. The molecule has 27 heavy (non-hydrogen) atoms. The highest BCUT2D eigenvalue weighted by molar-refractivity contribution is 6.43. The second-order valence-electron chi connectivity index (χ2n) is 6.65. The number of rotatable bonds is 4. The van der Waals surface area contributed by atoms with Crippen LogP contribution in [-0.4, -0.2) is 4.57 Å². The molecule has 0 spiro atoms. The third-order valence-electron chi connectivity index (χ3n) is 4.29. The van der Waals surface area contributed by atoms with Crippen LogP contribution in [-0.2, 0) is 13.1 Å². The zero-order valence-corrected chi connectivity index (χ0v) is 17.3. The first kappa shape index (κ1) is 21.7. The highest BCUT2D eigenvalue weighted by Crippen LogP contribution is 2.35. The number of nitrogens with two attached hydrogens (primary N) is 1. The van der Waals surface area contributed by atoms with Gasteiger partial charge in [-0.1, -0.05) is 49.2 Å². The molecule has 7 heteroatoms.